The van der Waals surface area contributed by atoms with Crippen LogP contribution in [0.4, 0.5) is 0 Å². The molecule has 5 aromatic rings. The molecule has 0 unspecified atom stereocenters. The van der Waals surface area contributed by atoms with E-state index >= 15 is 0 Å². The Morgan fingerprint density at radius 2 is 1.87 bits per heavy atom. The largest absolute Gasteiger partial charge is 0.297 e. The minimum absolute atomic E-state index is 0.170. The van der Waals surface area contributed by atoms with Crippen molar-refractivity contribution in [2.75, 3.05) is 0 Å². The summed E-state index contributed by atoms with van der Waals surface area (Å²) in [5.74, 6) is 0. The number of fused-ring (bicyclic) bond motifs is 4. The molecule has 7 nitrogen and oxygen atoms in total. The minimum Gasteiger partial charge on any atom is -0.297 e. The van der Waals surface area contributed by atoms with Crippen LogP contribution in [0.25, 0.3) is 33.3 Å². The van der Waals surface area contributed by atoms with Gasteiger partial charge in [-0.3, -0.25) is 9.89 Å². The van der Waals surface area contributed by atoms with E-state index in [1.54, 1.807) is 29.3 Å². The first-order valence-corrected chi connectivity index (χ1v) is 7.11. The van der Waals surface area contributed by atoms with Gasteiger partial charge in [0.05, 0.1) is 28.2 Å². The van der Waals surface area contributed by atoms with Crippen LogP contribution in [0.5, 0.6) is 0 Å². The van der Waals surface area contributed by atoms with Crippen LogP contribution in [-0.4, -0.2) is 29.4 Å². The van der Waals surface area contributed by atoms with Gasteiger partial charge in [0.1, 0.15) is 0 Å². The molecular formula is C16H10N6O. The number of nitrogens with zero attached hydrogens (tertiary/aromatic N) is 5. The van der Waals surface area contributed by atoms with Crippen LogP contribution in [0.1, 0.15) is 0 Å². The zero-order valence-corrected chi connectivity index (χ0v) is 11.8. The normalized spacial score (nSPS) is 11.7. The van der Waals surface area contributed by atoms with Crippen molar-refractivity contribution >= 4 is 27.6 Å². The number of H-pyrrole nitrogens is 1. The number of para-hydroxylation sites is 1. The van der Waals surface area contributed by atoms with E-state index in [1.165, 1.54) is 4.52 Å². The molecule has 0 bridgehead atoms. The summed E-state index contributed by atoms with van der Waals surface area (Å²) >= 11 is 0. The predicted molar refractivity (Wildman–Crippen MR) is 85.7 cm³/mol. The highest BCUT2D eigenvalue weighted by atomic mass is 16.1. The average Bonchev–Trinajstić information content (AvgIpc) is 3.22. The highest BCUT2D eigenvalue weighted by Gasteiger charge is 2.14. The molecule has 0 saturated carbocycles. The fraction of sp³-hybridized carbons (Fsp3) is 0. The van der Waals surface area contributed by atoms with E-state index < -0.39 is 0 Å². The maximum atomic E-state index is 12.5. The molecule has 0 spiro atoms. The van der Waals surface area contributed by atoms with Crippen LogP contribution in [0.2, 0.25) is 0 Å². The zero-order valence-electron chi connectivity index (χ0n) is 11.8. The molecular weight excluding hydrogens is 292 g/mol. The van der Waals surface area contributed by atoms with Gasteiger partial charge in [-0.1, -0.05) is 18.2 Å². The summed E-state index contributed by atoms with van der Waals surface area (Å²) in [6.45, 7) is 0. The number of benzene rings is 1. The summed E-state index contributed by atoms with van der Waals surface area (Å²) in [6.07, 6.45) is 4.94. The Morgan fingerprint density at radius 3 is 2.74 bits per heavy atom. The second kappa shape index (κ2) is 4.26. The quantitative estimate of drug-likeness (QED) is 0.513. The lowest BCUT2D eigenvalue weighted by Crippen LogP contribution is -2.15. The Hall–Kier alpha value is -3.48. The van der Waals surface area contributed by atoms with E-state index in [2.05, 4.69) is 20.2 Å². The monoisotopic (exact) mass is 302 g/mol. The smallest absolute Gasteiger partial charge is 0.282 e. The van der Waals surface area contributed by atoms with Crippen LogP contribution in [0.15, 0.2) is 59.8 Å². The van der Waals surface area contributed by atoms with E-state index in [9.17, 15) is 4.79 Å². The maximum absolute atomic E-state index is 12.5. The third kappa shape index (κ3) is 1.58. The molecule has 4 heterocycles. The SMILES string of the molecule is O=c1c2cnc3c(cnn3-c3ccccc3)c2nc2cc[nH]n12. The van der Waals surface area contributed by atoms with Crippen molar-refractivity contribution in [1.82, 2.24) is 29.4 Å². The van der Waals surface area contributed by atoms with E-state index in [0.717, 1.165) is 11.1 Å². The highest BCUT2D eigenvalue weighted by molar-refractivity contribution is 6.02. The van der Waals surface area contributed by atoms with Gasteiger partial charge in [-0.2, -0.15) is 5.10 Å². The predicted octanol–water partition coefficient (Wildman–Crippen LogP) is 1.91. The number of aromatic amines is 1. The molecule has 5 rings (SSSR count). The Morgan fingerprint density at radius 1 is 1.00 bits per heavy atom. The van der Waals surface area contributed by atoms with Gasteiger partial charge in [0.25, 0.3) is 5.56 Å². The lowest BCUT2D eigenvalue weighted by Gasteiger charge is -2.03. The summed E-state index contributed by atoms with van der Waals surface area (Å²) in [4.78, 5) is 21.5. The summed E-state index contributed by atoms with van der Waals surface area (Å²) in [5, 5.41) is 8.48. The van der Waals surface area contributed by atoms with Crippen LogP contribution in [0, 0.1) is 0 Å². The second-order valence-corrected chi connectivity index (χ2v) is 5.22. The van der Waals surface area contributed by atoms with E-state index in [4.69, 9.17) is 0 Å². The lowest BCUT2D eigenvalue weighted by molar-refractivity contribution is 0.896. The van der Waals surface area contributed by atoms with Crippen LogP contribution in [0.3, 0.4) is 0 Å². The molecule has 0 atom stereocenters. The van der Waals surface area contributed by atoms with Crippen LogP contribution < -0.4 is 5.56 Å². The van der Waals surface area contributed by atoms with Gasteiger partial charge in [0, 0.05) is 18.5 Å². The second-order valence-electron chi connectivity index (χ2n) is 5.22. The standard InChI is InChI=1S/C16H10N6O/c23-16-12-8-17-15-11(14(12)20-13-6-7-18-22(13)16)9-19-21(15)10-4-2-1-3-5-10/h1-9,18H. The Kier molecular flexibility index (Phi) is 2.24. The first-order chi connectivity index (χ1) is 11.3. The number of rotatable bonds is 1. The van der Waals surface area contributed by atoms with Gasteiger partial charge in [0.2, 0.25) is 0 Å². The van der Waals surface area contributed by atoms with Crippen molar-refractivity contribution in [1.29, 1.82) is 0 Å². The molecule has 7 heteroatoms. The Balaban J connectivity index is 1.93. The maximum Gasteiger partial charge on any atom is 0.282 e. The molecule has 4 aromatic heterocycles. The average molecular weight is 302 g/mol. The third-order valence-electron chi connectivity index (χ3n) is 3.90. The van der Waals surface area contributed by atoms with Crippen LogP contribution in [-0.2, 0) is 0 Å². The Labute approximate surface area is 128 Å². The number of pyridine rings is 1. The molecule has 0 aliphatic carbocycles. The molecule has 23 heavy (non-hydrogen) atoms. The molecule has 1 aromatic carbocycles. The van der Waals surface area contributed by atoms with Gasteiger partial charge in [-0.25, -0.2) is 19.2 Å². The third-order valence-corrected chi connectivity index (χ3v) is 3.90. The molecule has 110 valence electrons. The van der Waals surface area contributed by atoms with Crippen molar-refractivity contribution in [2.24, 2.45) is 0 Å². The topological polar surface area (TPSA) is 80.9 Å². The van der Waals surface area contributed by atoms with Crippen molar-refractivity contribution in [3.63, 3.8) is 0 Å². The molecule has 0 saturated heterocycles. The van der Waals surface area contributed by atoms with E-state index in [1.807, 2.05) is 30.3 Å². The first-order valence-electron chi connectivity index (χ1n) is 7.11. The molecule has 0 fully saturated rings. The van der Waals surface area contributed by atoms with Gasteiger partial charge >= 0.3 is 0 Å². The summed E-state index contributed by atoms with van der Waals surface area (Å²) in [7, 11) is 0. The number of hydrogen-bond acceptors (Lipinski definition) is 4. The van der Waals surface area contributed by atoms with Gasteiger partial charge in [-0.05, 0) is 12.1 Å². The molecule has 0 amide bonds. The summed E-state index contributed by atoms with van der Waals surface area (Å²) in [5.41, 5.74) is 2.60. The Bertz CT molecular complexity index is 1230. The van der Waals surface area contributed by atoms with Crippen LogP contribution >= 0.6 is 0 Å². The number of nitrogens with one attached hydrogen (secondary N) is 1. The highest BCUT2D eigenvalue weighted by Crippen LogP contribution is 2.22. The molecule has 0 radical (unpaired) electrons. The van der Waals surface area contributed by atoms with Crippen molar-refractivity contribution in [3.05, 3.63) is 65.3 Å². The fourth-order valence-electron chi connectivity index (χ4n) is 2.81. The summed E-state index contributed by atoms with van der Waals surface area (Å²) < 4.78 is 3.15. The van der Waals surface area contributed by atoms with E-state index in [0.29, 0.717) is 22.2 Å². The lowest BCUT2D eigenvalue weighted by atomic mass is 10.2. The minimum atomic E-state index is -0.170. The van der Waals surface area contributed by atoms with Gasteiger partial charge < -0.3 is 0 Å². The molecule has 0 aliphatic heterocycles. The van der Waals surface area contributed by atoms with Gasteiger partial charge in [-0.15, -0.1) is 0 Å². The van der Waals surface area contributed by atoms with Crippen molar-refractivity contribution in [2.45, 2.75) is 0 Å². The van der Waals surface area contributed by atoms with Crippen molar-refractivity contribution in [3.8, 4) is 5.69 Å². The zero-order chi connectivity index (χ0) is 15.4. The van der Waals surface area contributed by atoms with Crippen molar-refractivity contribution < 1.29 is 0 Å². The van der Waals surface area contributed by atoms with E-state index in [-0.39, 0.29) is 5.56 Å². The number of hydrogen-bond donors (Lipinski definition) is 1. The summed E-state index contributed by atoms with van der Waals surface area (Å²) in [6, 6.07) is 11.5. The fourth-order valence-corrected chi connectivity index (χ4v) is 2.81. The molecule has 1 N–H and O–H groups in total. The van der Waals surface area contributed by atoms with Gasteiger partial charge in [0.15, 0.2) is 11.3 Å². The number of aromatic nitrogens is 6. The molecule has 0 aliphatic rings. The first kappa shape index (κ1) is 12.1.